The lowest BCUT2D eigenvalue weighted by Gasteiger charge is -2.07. The normalized spacial score (nSPS) is 10.4. The molecule has 2 rings (SSSR count). The number of amides is 2. The Hall–Kier alpha value is -3.22. The molecule has 0 aromatic heterocycles. The summed E-state index contributed by atoms with van der Waals surface area (Å²) < 4.78 is 31.0. The van der Waals surface area contributed by atoms with E-state index in [1.165, 1.54) is 42.5 Å². The lowest BCUT2D eigenvalue weighted by Crippen LogP contribution is -2.43. The first kappa shape index (κ1) is 17.1. The summed E-state index contributed by atoms with van der Waals surface area (Å²) in [6.45, 7) is -0.392. The van der Waals surface area contributed by atoms with E-state index in [0.717, 1.165) is 12.1 Å². The van der Waals surface area contributed by atoms with E-state index in [1.807, 2.05) is 0 Å². The fraction of sp³-hybridized carbons (Fsp3) is 0.0588. The Kier molecular flexibility index (Phi) is 6.01. The first-order chi connectivity index (χ1) is 11.5. The fourth-order valence-corrected chi connectivity index (χ4v) is 1.70. The highest BCUT2D eigenvalue weighted by molar-refractivity contribution is 5.93. The van der Waals surface area contributed by atoms with Crippen LogP contribution < -0.4 is 15.6 Å². The molecule has 0 fully saturated rings. The van der Waals surface area contributed by atoms with Crippen LogP contribution in [0.5, 0.6) is 5.75 Å². The molecule has 7 heteroatoms. The van der Waals surface area contributed by atoms with Crippen LogP contribution in [0.3, 0.4) is 0 Å². The predicted octanol–water partition coefficient (Wildman–Crippen LogP) is 2.20. The van der Waals surface area contributed by atoms with Gasteiger partial charge in [-0.15, -0.1) is 0 Å². The largest absolute Gasteiger partial charge is 0.484 e. The topological polar surface area (TPSA) is 67.4 Å². The van der Waals surface area contributed by atoms with Crippen LogP contribution in [0.25, 0.3) is 6.08 Å². The van der Waals surface area contributed by atoms with Gasteiger partial charge in [0.2, 0.25) is 0 Å². The van der Waals surface area contributed by atoms with Crippen molar-refractivity contribution in [3.63, 3.8) is 0 Å². The van der Waals surface area contributed by atoms with Gasteiger partial charge in [-0.1, -0.05) is 18.2 Å². The number of benzene rings is 2. The molecule has 2 N–H and O–H groups in total. The second-order valence-electron chi connectivity index (χ2n) is 4.67. The third kappa shape index (κ3) is 5.88. The second kappa shape index (κ2) is 8.42. The summed E-state index contributed by atoms with van der Waals surface area (Å²) in [6.07, 6.45) is 2.54. The molecule has 0 saturated carbocycles. The van der Waals surface area contributed by atoms with E-state index in [-0.39, 0.29) is 5.75 Å². The summed E-state index contributed by atoms with van der Waals surface area (Å²) in [5, 5.41) is 0. The van der Waals surface area contributed by atoms with Crippen LogP contribution in [0, 0.1) is 11.6 Å². The second-order valence-corrected chi connectivity index (χ2v) is 4.67. The van der Waals surface area contributed by atoms with E-state index in [4.69, 9.17) is 4.74 Å². The van der Waals surface area contributed by atoms with Crippen molar-refractivity contribution in [2.45, 2.75) is 0 Å². The van der Waals surface area contributed by atoms with Gasteiger partial charge in [-0.05, 0) is 35.9 Å². The minimum Gasteiger partial charge on any atom is -0.484 e. The van der Waals surface area contributed by atoms with Crippen molar-refractivity contribution in [1.29, 1.82) is 0 Å². The Morgan fingerprint density at radius 3 is 2.42 bits per heavy atom. The number of carbonyl (C=O) groups excluding carboxylic acids is 2. The molecule has 0 aliphatic heterocycles. The summed E-state index contributed by atoms with van der Waals surface area (Å²) in [5.41, 5.74) is 4.78. The monoisotopic (exact) mass is 332 g/mol. The molecule has 0 aliphatic rings. The lowest BCUT2D eigenvalue weighted by molar-refractivity contribution is -0.128. The fourth-order valence-electron chi connectivity index (χ4n) is 1.70. The van der Waals surface area contributed by atoms with E-state index in [2.05, 4.69) is 10.9 Å². The van der Waals surface area contributed by atoms with Crippen LogP contribution in [-0.2, 0) is 9.59 Å². The first-order valence-corrected chi connectivity index (χ1v) is 6.94. The van der Waals surface area contributed by atoms with Crippen LogP contribution in [0.15, 0.2) is 54.6 Å². The van der Waals surface area contributed by atoms with Gasteiger partial charge in [0.1, 0.15) is 17.4 Å². The Labute approximate surface area is 136 Å². The van der Waals surface area contributed by atoms with Crippen molar-refractivity contribution in [3.05, 3.63) is 71.8 Å². The number of nitrogens with one attached hydrogen (secondary N) is 2. The van der Waals surface area contributed by atoms with Crippen LogP contribution >= 0.6 is 0 Å². The number of hydrogen-bond acceptors (Lipinski definition) is 3. The average molecular weight is 332 g/mol. The zero-order valence-electron chi connectivity index (χ0n) is 12.5. The van der Waals surface area contributed by atoms with E-state index < -0.39 is 30.1 Å². The molecular weight excluding hydrogens is 318 g/mol. The molecule has 0 saturated heterocycles. The molecule has 2 aromatic rings. The Morgan fingerprint density at radius 1 is 1.00 bits per heavy atom. The number of hydrazine groups is 1. The summed E-state index contributed by atoms with van der Waals surface area (Å²) in [7, 11) is 0. The highest BCUT2D eigenvalue weighted by Crippen LogP contribution is 2.11. The van der Waals surface area contributed by atoms with Gasteiger partial charge < -0.3 is 4.74 Å². The van der Waals surface area contributed by atoms with Gasteiger partial charge in [-0.3, -0.25) is 20.4 Å². The molecule has 0 bridgehead atoms. The molecule has 124 valence electrons. The summed E-state index contributed by atoms with van der Waals surface area (Å²) in [5.74, 6) is -1.92. The smallest absolute Gasteiger partial charge is 0.276 e. The van der Waals surface area contributed by atoms with E-state index in [9.17, 15) is 18.4 Å². The highest BCUT2D eigenvalue weighted by atomic mass is 19.1. The maximum absolute atomic E-state index is 13.0. The van der Waals surface area contributed by atoms with Crippen molar-refractivity contribution in [2.75, 3.05) is 6.61 Å². The van der Waals surface area contributed by atoms with E-state index >= 15 is 0 Å². The summed E-state index contributed by atoms with van der Waals surface area (Å²) >= 11 is 0. The van der Waals surface area contributed by atoms with Crippen LogP contribution in [0.2, 0.25) is 0 Å². The molecule has 0 unspecified atom stereocenters. The van der Waals surface area contributed by atoms with Crippen LogP contribution in [0.4, 0.5) is 8.78 Å². The third-order valence-corrected chi connectivity index (χ3v) is 2.77. The maximum atomic E-state index is 13.0. The van der Waals surface area contributed by atoms with Crippen molar-refractivity contribution in [1.82, 2.24) is 10.9 Å². The lowest BCUT2D eigenvalue weighted by atomic mass is 10.2. The first-order valence-electron chi connectivity index (χ1n) is 6.94. The molecule has 0 atom stereocenters. The number of ether oxygens (including phenoxy) is 1. The molecule has 2 aromatic carbocycles. The Morgan fingerprint density at radius 2 is 1.71 bits per heavy atom. The predicted molar refractivity (Wildman–Crippen MR) is 83.6 cm³/mol. The summed E-state index contributed by atoms with van der Waals surface area (Å²) in [4.78, 5) is 23.0. The third-order valence-electron chi connectivity index (χ3n) is 2.77. The average Bonchev–Trinajstić information content (AvgIpc) is 2.56. The highest BCUT2D eigenvalue weighted by Gasteiger charge is 2.04. The zero-order valence-corrected chi connectivity index (χ0v) is 12.5. The zero-order chi connectivity index (χ0) is 17.4. The number of carbonyl (C=O) groups is 2. The SMILES string of the molecule is O=C(/C=C/c1cccc(F)c1)NNC(=O)COc1cccc(F)c1. The standard InChI is InChI=1S/C17H14F2N2O3/c18-13-4-1-3-12(9-13)7-8-16(22)20-21-17(23)11-24-15-6-2-5-14(19)10-15/h1-10H,11H2,(H,20,22)(H,21,23)/b8-7+. The summed E-state index contributed by atoms with van der Waals surface area (Å²) in [6, 6.07) is 11.0. The van der Waals surface area contributed by atoms with Crippen LogP contribution in [0.1, 0.15) is 5.56 Å². The molecule has 0 spiro atoms. The van der Waals surface area contributed by atoms with Gasteiger partial charge in [-0.25, -0.2) is 8.78 Å². The van der Waals surface area contributed by atoms with E-state index in [0.29, 0.717) is 5.56 Å². The quantitative estimate of drug-likeness (QED) is 0.652. The number of rotatable bonds is 5. The van der Waals surface area contributed by atoms with Crippen molar-refractivity contribution >= 4 is 17.9 Å². The number of hydrogen-bond donors (Lipinski definition) is 2. The molecular formula is C17H14F2N2O3. The molecule has 0 radical (unpaired) electrons. The van der Waals surface area contributed by atoms with E-state index in [1.54, 1.807) is 6.07 Å². The Bertz CT molecular complexity index is 763. The molecule has 0 heterocycles. The van der Waals surface area contributed by atoms with Gasteiger partial charge in [0, 0.05) is 12.1 Å². The minimum atomic E-state index is -0.619. The number of halogens is 2. The van der Waals surface area contributed by atoms with Gasteiger partial charge in [-0.2, -0.15) is 0 Å². The minimum absolute atomic E-state index is 0.197. The van der Waals surface area contributed by atoms with Crippen LogP contribution in [-0.4, -0.2) is 18.4 Å². The van der Waals surface area contributed by atoms with Crippen molar-refractivity contribution < 1.29 is 23.1 Å². The molecule has 5 nitrogen and oxygen atoms in total. The van der Waals surface area contributed by atoms with Gasteiger partial charge in [0.05, 0.1) is 0 Å². The Balaban J connectivity index is 1.74. The molecule has 24 heavy (non-hydrogen) atoms. The molecule has 0 aliphatic carbocycles. The molecule has 2 amide bonds. The van der Waals surface area contributed by atoms with Crippen molar-refractivity contribution in [2.24, 2.45) is 0 Å². The van der Waals surface area contributed by atoms with Gasteiger partial charge in [0.15, 0.2) is 6.61 Å². The van der Waals surface area contributed by atoms with Gasteiger partial charge >= 0.3 is 0 Å². The van der Waals surface area contributed by atoms with Gasteiger partial charge in [0.25, 0.3) is 11.8 Å². The maximum Gasteiger partial charge on any atom is 0.276 e. The van der Waals surface area contributed by atoms with Crippen molar-refractivity contribution in [3.8, 4) is 5.75 Å².